The van der Waals surface area contributed by atoms with Crippen molar-refractivity contribution in [2.75, 3.05) is 17.6 Å². The Labute approximate surface area is 197 Å². The van der Waals surface area contributed by atoms with E-state index in [2.05, 4.69) is 9.82 Å². The number of nitrogens with one attached hydrogen (secondary N) is 1. The van der Waals surface area contributed by atoms with Crippen molar-refractivity contribution in [3.8, 4) is 5.75 Å². The molecule has 1 aliphatic rings. The van der Waals surface area contributed by atoms with Crippen molar-refractivity contribution in [1.29, 1.82) is 0 Å². The van der Waals surface area contributed by atoms with E-state index in [1.165, 1.54) is 30.6 Å². The normalized spacial score (nSPS) is 16.5. The highest BCUT2D eigenvalue weighted by Crippen LogP contribution is 2.40. The third-order valence-corrected chi connectivity index (χ3v) is 9.19. The van der Waals surface area contributed by atoms with Gasteiger partial charge >= 0.3 is 0 Å². The molecule has 0 aliphatic carbocycles. The van der Waals surface area contributed by atoms with Crippen LogP contribution in [0.2, 0.25) is 0 Å². The molecule has 8 nitrogen and oxygen atoms in total. The molecule has 2 heterocycles. The van der Waals surface area contributed by atoms with Crippen molar-refractivity contribution >= 4 is 42.8 Å². The molecule has 0 bridgehead atoms. The minimum absolute atomic E-state index is 0.0798. The number of nitrogens with zero attached hydrogens (tertiary/aromatic N) is 2. The van der Waals surface area contributed by atoms with Crippen LogP contribution in [0.5, 0.6) is 5.75 Å². The van der Waals surface area contributed by atoms with Crippen molar-refractivity contribution in [3.63, 3.8) is 0 Å². The lowest BCUT2D eigenvalue weighted by Crippen LogP contribution is -2.26. The van der Waals surface area contributed by atoms with E-state index in [1.807, 2.05) is 17.5 Å². The highest BCUT2D eigenvalue weighted by molar-refractivity contribution is 7.92. The molecule has 4 rings (SSSR count). The van der Waals surface area contributed by atoms with Gasteiger partial charge in [0.15, 0.2) is 0 Å². The number of rotatable bonds is 8. The van der Waals surface area contributed by atoms with Crippen LogP contribution >= 0.6 is 11.3 Å². The van der Waals surface area contributed by atoms with E-state index >= 15 is 0 Å². The average Bonchev–Trinajstić information content (AvgIpc) is 3.49. The quantitative estimate of drug-likeness (QED) is 0.497. The second-order valence-electron chi connectivity index (χ2n) is 7.29. The third kappa shape index (κ3) is 4.75. The molecule has 1 atom stereocenters. The fraction of sp³-hybridized carbons (Fsp3) is 0.227. The van der Waals surface area contributed by atoms with Crippen LogP contribution in [-0.4, -0.2) is 39.8 Å². The summed E-state index contributed by atoms with van der Waals surface area (Å²) in [4.78, 5) is 0.937. The molecule has 2 aromatic carbocycles. The molecular weight excluding hydrogens is 482 g/mol. The van der Waals surface area contributed by atoms with Gasteiger partial charge in [0.1, 0.15) is 11.8 Å². The Morgan fingerprint density at radius 2 is 1.79 bits per heavy atom. The predicted octanol–water partition coefficient (Wildman–Crippen LogP) is 4.06. The monoisotopic (exact) mass is 505 g/mol. The molecule has 3 aromatic rings. The number of ether oxygens (including phenoxy) is 1. The van der Waals surface area contributed by atoms with Gasteiger partial charge in [0.2, 0.25) is 10.0 Å². The summed E-state index contributed by atoms with van der Waals surface area (Å²) >= 11 is 1.45. The number of hydrazone groups is 1. The number of anilines is 1. The van der Waals surface area contributed by atoms with Crippen LogP contribution in [0.25, 0.3) is 0 Å². The van der Waals surface area contributed by atoms with Gasteiger partial charge in [-0.25, -0.2) is 8.42 Å². The zero-order chi connectivity index (χ0) is 23.6. The Kier molecular flexibility index (Phi) is 6.46. The number of hydrogen-bond donors (Lipinski definition) is 1. The first-order valence-corrected chi connectivity index (χ1v) is 14.1. The maximum atomic E-state index is 13.5. The van der Waals surface area contributed by atoms with E-state index in [1.54, 1.807) is 43.3 Å². The lowest BCUT2D eigenvalue weighted by atomic mass is 10.0. The third-order valence-electron chi connectivity index (χ3n) is 5.23. The molecule has 0 radical (unpaired) electrons. The number of para-hydroxylation sites is 1. The number of thiophene rings is 1. The lowest BCUT2D eigenvalue weighted by Gasteiger charge is -2.22. The van der Waals surface area contributed by atoms with Gasteiger partial charge in [-0.3, -0.25) is 4.72 Å². The first kappa shape index (κ1) is 23.3. The Bertz CT molecular complexity index is 1370. The molecule has 0 fully saturated rings. The number of hydrogen-bond acceptors (Lipinski definition) is 7. The topological polar surface area (TPSA) is 105 Å². The molecule has 1 aliphatic heterocycles. The summed E-state index contributed by atoms with van der Waals surface area (Å²) in [6.45, 7) is 1.55. The fourth-order valence-electron chi connectivity index (χ4n) is 3.49. The second kappa shape index (κ2) is 9.16. The summed E-state index contributed by atoms with van der Waals surface area (Å²) in [5.41, 5.74) is 1.40. The van der Waals surface area contributed by atoms with E-state index in [-0.39, 0.29) is 10.6 Å². The minimum Gasteiger partial charge on any atom is -0.497 e. The first-order chi connectivity index (χ1) is 15.7. The van der Waals surface area contributed by atoms with Crippen molar-refractivity contribution < 1.29 is 21.6 Å². The van der Waals surface area contributed by atoms with Crippen LogP contribution in [0.1, 0.15) is 29.8 Å². The van der Waals surface area contributed by atoms with Gasteiger partial charge in [0.05, 0.1) is 29.2 Å². The molecule has 33 heavy (non-hydrogen) atoms. The van der Waals surface area contributed by atoms with Crippen LogP contribution in [-0.2, 0) is 20.0 Å². The van der Waals surface area contributed by atoms with Gasteiger partial charge in [-0.2, -0.15) is 17.9 Å². The number of sulfonamides is 2. The lowest BCUT2D eigenvalue weighted by molar-refractivity contribution is 0.375. The van der Waals surface area contributed by atoms with Gasteiger partial charge < -0.3 is 4.74 Å². The Hall–Kier alpha value is -2.89. The smallest absolute Gasteiger partial charge is 0.279 e. The van der Waals surface area contributed by atoms with Crippen LogP contribution in [0.3, 0.4) is 0 Å². The average molecular weight is 506 g/mol. The maximum Gasteiger partial charge on any atom is 0.279 e. The molecule has 0 spiro atoms. The van der Waals surface area contributed by atoms with Gasteiger partial charge in [-0.05, 0) is 48.7 Å². The largest absolute Gasteiger partial charge is 0.497 e. The Morgan fingerprint density at radius 3 is 2.42 bits per heavy atom. The molecule has 0 unspecified atom stereocenters. The van der Waals surface area contributed by atoms with Crippen molar-refractivity contribution in [2.24, 2.45) is 5.10 Å². The summed E-state index contributed by atoms with van der Waals surface area (Å²) in [6.07, 6.45) is 0.306. The zero-order valence-corrected chi connectivity index (χ0v) is 20.5. The van der Waals surface area contributed by atoms with Crippen LogP contribution in [0.4, 0.5) is 5.69 Å². The second-order valence-corrected chi connectivity index (χ2v) is 12.1. The molecule has 1 N–H and O–H groups in total. The highest BCUT2D eigenvalue weighted by Gasteiger charge is 2.38. The van der Waals surface area contributed by atoms with E-state index in [9.17, 15) is 16.8 Å². The van der Waals surface area contributed by atoms with Gasteiger partial charge in [-0.1, -0.05) is 24.3 Å². The van der Waals surface area contributed by atoms with Crippen LogP contribution in [0.15, 0.2) is 76.0 Å². The molecule has 174 valence electrons. The van der Waals surface area contributed by atoms with Gasteiger partial charge in [0.25, 0.3) is 10.0 Å². The summed E-state index contributed by atoms with van der Waals surface area (Å²) in [7, 11) is -5.98. The summed E-state index contributed by atoms with van der Waals surface area (Å²) < 4.78 is 60.3. The number of benzene rings is 2. The van der Waals surface area contributed by atoms with Crippen molar-refractivity contribution in [3.05, 3.63) is 76.5 Å². The maximum absolute atomic E-state index is 13.5. The Balaban J connectivity index is 1.78. The van der Waals surface area contributed by atoms with E-state index in [0.29, 0.717) is 29.1 Å². The molecule has 0 saturated heterocycles. The molecular formula is C22H23N3O5S3. The summed E-state index contributed by atoms with van der Waals surface area (Å²) in [5.74, 6) is 0.468. The molecule has 11 heteroatoms. The fourth-order valence-corrected chi connectivity index (χ4v) is 6.45. The molecule has 1 aromatic heterocycles. The van der Waals surface area contributed by atoms with Gasteiger partial charge in [-0.15, -0.1) is 11.3 Å². The minimum atomic E-state index is -3.97. The van der Waals surface area contributed by atoms with Crippen molar-refractivity contribution in [1.82, 2.24) is 4.41 Å². The Morgan fingerprint density at radius 1 is 1.06 bits per heavy atom. The van der Waals surface area contributed by atoms with E-state index < -0.39 is 26.1 Å². The predicted molar refractivity (Wildman–Crippen MR) is 130 cm³/mol. The highest BCUT2D eigenvalue weighted by atomic mass is 32.2. The van der Waals surface area contributed by atoms with E-state index in [0.717, 1.165) is 9.29 Å². The van der Waals surface area contributed by atoms with Crippen LogP contribution in [0, 0.1) is 0 Å². The molecule has 0 saturated carbocycles. The van der Waals surface area contributed by atoms with Crippen molar-refractivity contribution in [2.45, 2.75) is 24.3 Å². The molecule has 0 amide bonds. The summed E-state index contributed by atoms with van der Waals surface area (Å²) in [5, 5.41) is 6.39. The zero-order valence-electron chi connectivity index (χ0n) is 18.0. The van der Waals surface area contributed by atoms with Crippen LogP contribution < -0.4 is 9.46 Å². The SMILES string of the molecule is CCS(=O)(=O)Nc1ccccc1C1=NN(S(=O)(=O)c2ccc(OC)cc2)[C@@H](c2cccs2)C1. The van der Waals surface area contributed by atoms with E-state index in [4.69, 9.17) is 4.74 Å². The first-order valence-electron chi connectivity index (χ1n) is 10.1. The number of methoxy groups -OCH3 is 1. The summed E-state index contributed by atoms with van der Waals surface area (Å²) in [6, 6.07) is 16.2. The van der Waals surface area contributed by atoms with Gasteiger partial charge in [0, 0.05) is 16.9 Å². The standard InChI is InChI=1S/C22H23N3O5S3/c1-3-32(26,27)24-19-8-5-4-7-18(19)20-15-21(22-9-6-14-31-22)25(23-20)33(28,29)17-12-10-16(30-2)11-13-17/h4-14,21,24H,3,15H2,1-2H3/t21-/m1/s1.